The summed E-state index contributed by atoms with van der Waals surface area (Å²) in [5.41, 5.74) is 2.61. The van der Waals surface area contributed by atoms with Gasteiger partial charge in [0, 0.05) is 11.7 Å². The van der Waals surface area contributed by atoms with Gasteiger partial charge in [-0.3, -0.25) is 4.79 Å². The van der Waals surface area contributed by atoms with Crippen molar-refractivity contribution in [2.24, 2.45) is 0 Å². The number of anilines is 1. The van der Waals surface area contributed by atoms with Crippen molar-refractivity contribution in [2.75, 3.05) is 19.0 Å². The van der Waals surface area contributed by atoms with E-state index in [1.807, 2.05) is 32.0 Å². The molecule has 2 aromatic carbocycles. The molecular weight excluding hydrogens is 432 g/mol. The molecule has 0 saturated heterocycles. The van der Waals surface area contributed by atoms with Crippen LogP contribution in [0.4, 0.5) is 5.69 Å². The predicted molar refractivity (Wildman–Crippen MR) is 120 cm³/mol. The normalized spacial score (nSPS) is 14.2. The maximum Gasteiger partial charge on any atom is 0.338 e. The van der Waals surface area contributed by atoms with Crippen LogP contribution in [0.1, 0.15) is 47.2 Å². The minimum Gasteiger partial charge on any atom is -0.495 e. The van der Waals surface area contributed by atoms with Crippen molar-refractivity contribution in [2.45, 2.75) is 50.5 Å². The van der Waals surface area contributed by atoms with Crippen LogP contribution >= 0.6 is 0 Å². The highest BCUT2D eigenvalue weighted by molar-refractivity contribution is 7.89. The van der Waals surface area contributed by atoms with E-state index >= 15 is 0 Å². The Balaban J connectivity index is 1.68. The lowest BCUT2D eigenvalue weighted by molar-refractivity contribution is -0.119. The van der Waals surface area contributed by atoms with Crippen LogP contribution in [0.25, 0.3) is 0 Å². The molecule has 0 heterocycles. The van der Waals surface area contributed by atoms with Gasteiger partial charge in [0.15, 0.2) is 6.61 Å². The SMILES string of the molecule is COc1ccc(C(=O)OCC(=O)Nc2cc(C)cc(C)c2)cc1S(=O)(=O)NC1CCCC1. The molecular formula is C23H28N2O6S. The summed E-state index contributed by atoms with van der Waals surface area (Å²) < 4.78 is 38.7. The van der Waals surface area contributed by atoms with E-state index in [2.05, 4.69) is 10.0 Å². The minimum absolute atomic E-state index is 0.0109. The van der Waals surface area contributed by atoms with E-state index in [0.717, 1.165) is 36.8 Å². The van der Waals surface area contributed by atoms with Crippen LogP contribution in [0, 0.1) is 13.8 Å². The number of hydrogen-bond acceptors (Lipinski definition) is 6. The molecule has 1 fully saturated rings. The quantitative estimate of drug-likeness (QED) is 0.585. The number of rotatable bonds is 8. The van der Waals surface area contributed by atoms with E-state index in [0.29, 0.717) is 5.69 Å². The third kappa shape index (κ3) is 6.08. The number of carbonyl (C=O) groups is 2. The number of aryl methyl sites for hydroxylation is 2. The number of methoxy groups -OCH3 is 1. The predicted octanol–water partition coefficient (Wildman–Crippen LogP) is 3.33. The van der Waals surface area contributed by atoms with Crippen molar-refractivity contribution < 1.29 is 27.5 Å². The fraction of sp³-hybridized carbons (Fsp3) is 0.391. The zero-order valence-electron chi connectivity index (χ0n) is 18.4. The van der Waals surface area contributed by atoms with Crippen LogP contribution < -0.4 is 14.8 Å². The lowest BCUT2D eigenvalue weighted by atomic mass is 10.1. The van der Waals surface area contributed by atoms with Crippen LogP contribution in [0.2, 0.25) is 0 Å². The fourth-order valence-corrected chi connectivity index (χ4v) is 5.30. The van der Waals surface area contributed by atoms with Gasteiger partial charge in [0.1, 0.15) is 10.6 Å². The average Bonchev–Trinajstić information content (AvgIpc) is 3.23. The Morgan fingerprint density at radius 1 is 1.03 bits per heavy atom. The van der Waals surface area contributed by atoms with Gasteiger partial charge >= 0.3 is 5.97 Å². The lowest BCUT2D eigenvalue weighted by Crippen LogP contribution is -2.33. The fourth-order valence-electron chi connectivity index (χ4n) is 3.80. The second-order valence-electron chi connectivity index (χ2n) is 7.97. The molecule has 1 amide bonds. The summed E-state index contributed by atoms with van der Waals surface area (Å²) >= 11 is 0. The topological polar surface area (TPSA) is 111 Å². The van der Waals surface area contributed by atoms with Crippen molar-refractivity contribution in [3.05, 3.63) is 53.1 Å². The summed E-state index contributed by atoms with van der Waals surface area (Å²) in [6, 6.07) is 9.48. The molecule has 1 saturated carbocycles. The van der Waals surface area contributed by atoms with Crippen molar-refractivity contribution in [1.29, 1.82) is 0 Å². The summed E-state index contributed by atoms with van der Waals surface area (Å²) in [7, 11) is -2.52. The summed E-state index contributed by atoms with van der Waals surface area (Å²) in [4.78, 5) is 24.5. The standard InChI is InChI=1S/C23H28N2O6S/c1-15-10-16(2)12-19(11-15)24-22(26)14-31-23(27)17-8-9-20(30-3)21(13-17)32(28,29)25-18-6-4-5-7-18/h8-13,18,25H,4-7,14H2,1-3H3,(H,24,26). The van der Waals surface area contributed by atoms with Gasteiger partial charge in [-0.1, -0.05) is 18.9 Å². The highest BCUT2D eigenvalue weighted by Crippen LogP contribution is 2.27. The highest BCUT2D eigenvalue weighted by atomic mass is 32.2. The number of hydrogen-bond donors (Lipinski definition) is 2. The Morgan fingerprint density at radius 2 is 1.69 bits per heavy atom. The maximum atomic E-state index is 12.9. The molecule has 0 unspecified atom stereocenters. The van der Waals surface area contributed by atoms with E-state index in [-0.39, 0.29) is 22.3 Å². The monoisotopic (exact) mass is 460 g/mol. The average molecular weight is 461 g/mol. The number of carbonyl (C=O) groups excluding carboxylic acids is 2. The first-order valence-electron chi connectivity index (χ1n) is 10.4. The number of ether oxygens (including phenoxy) is 2. The van der Waals surface area contributed by atoms with Crippen LogP contribution in [0.3, 0.4) is 0 Å². The van der Waals surface area contributed by atoms with Gasteiger partial charge in [0.2, 0.25) is 10.0 Å². The molecule has 0 atom stereocenters. The van der Waals surface area contributed by atoms with Gasteiger partial charge in [-0.2, -0.15) is 0 Å². The molecule has 172 valence electrons. The summed E-state index contributed by atoms with van der Waals surface area (Å²) in [5.74, 6) is -1.17. The van der Waals surface area contributed by atoms with E-state index in [4.69, 9.17) is 9.47 Å². The summed E-state index contributed by atoms with van der Waals surface area (Å²) in [6.45, 7) is 3.33. The van der Waals surface area contributed by atoms with Gasteiger partial charge in [-0.05, 0) is 68.1 Å². The van der Waals surface area contributed by atoms with E-state index in [1.54, 1.807) is 0 Å². The summed E-state index contributed by atoms with van der Waals surface area (Å²) in [6.07, 6.45) is 3.50. The molecule has 9 heteroatoms. The van der Waals surface area contributed by atoms with E-state index in [9.17, 15) is 18.0 Å². The molecule has 8 nitrogen and oxygen atoms in total. The number of amides is 1. The van der Waals surface area contributed by atoms with E-state index in [1.165, 1.54) is 25.3 Å². The Bertz CT molecular complexity index is 1090. The Hall–Kier alpha value is -2.91. The van der Waals surface area contributed by atoms with Gasteiger partial charge < -0.3 is 14.8 Å². The van der Waals surface area contributed by atoms with Crippen LogP contribution in [0.5, 0.6) is 5.75 Å². The number of sulfonamides is 1. The molecule has 3 rings (SSSR count). The van der Waals surface area contributed by atoms with Gasteiger partial charge in [-0.15, -0.1) is 0 Å². The Labute approximate surface area is 188 Å². The van der Waals surface area contributed by atoms with Crippen molar-refractivity contribution in [3.8, 4) is 5.75 Å². The smallest absolute Gasteiger partial charge is 0.338 e. The summed E-state index contributed by atoms with van der Waals surface area (Å²) in [5, 5.41) is 2.68. The zero-order chi connectivity index (χ0) is 23.3. The molecule has 0 aromatic heterocycles. The lowest BCUT2D eigenvalue weighted by Gasteiger charge is -2.15. The van der Waals surface area contributed by atoms with Crippen molar-refractivity contribution in [3.63, 3.8) is 0 Å². The maximum absolute atomic E-state index is 12.9. The second kappa shape index (κ2) is 10.1. The zero-order valence-corrected chi connectivity index (χ0v) is 19.3. The van der Waals surface area contributed by atoms with Gasteiger partial charge in [0.25, 0.3) is 5.91 Å². The first-order valence-corrected chi connectivity index (χ1v) is 11.9. The van der Waals surface area contributed by atoms with Crippen LogP contribution in [-0.2, 0) is 19.6 Å². The molecule has 2 N–H and O–H groups in total. The number of nitrogens with one attached hydrogen (secondary N) is 2. The molecule has 0 radical (unpaired) electrons. The molecule has 0 spiro atoms. The number of benzene rings is 2. The second-order valence-corrected chi connectivity index (χ2v) is 9.65. The molecule has 1 aliphatic carbocycles. The van der Waals surface area contributed by atoms with Gasteiger partial charge in [0.05, 0.1) is 12.7 Å². The molecule has 32 heavy (non-hydrogen) atoms. The molecule has 0 bridgehead atoms. The Morgan fingerprint density at radius 3 is 2.31 bits per heavy atom. The van der Waals surface area contributed by atoms with Gasteiger partial charge in [-0.25, -0.2) is 17.9 Å². The van der Waals surface area contributed by atoms with Crippen molar-refractivity contribution >= 4 is 27.6 Å². The van der Waals surface area contributed by atoms with Crippen molar-refractivity contribution in [1.82, 2.24) is 4.72 Å². The van der Waals surface area contributed by atoms with Crippen LogP contribution in [0.15, 0.2) is 41.3 Å². The minimum atomic E-state index is -3.88. The first kappa shape index (κ1) is 23.7. The third-order valence-electron chi connectivity index (χ3n) is 5.21. The van der Waals surface area contributed by atoms with Crippen LogP contribution in [-0.4, -0.2) is 40.1 Å². The number of esters is 1. The first-order chi connectivity index (χ1) is 15.2. The molecule has 0 aliphatic heterocycles. The van der Waals surface area contributed by atoms with E-state index < -0.39 is 28.5 Å². The molecule has 1 aliphatic rings. The highest BCUT2D eigenvalue weighted by Gasteiger charge is 2.27. The third-order valence-corrected chi connectivity index (χ3v) is 6.75. The largest absolute Gasteiger partial charge is 0.495 e. The Kier molecular flexibility index (Phi) is 7.52. The molecule has 2 aromatic rings.